The van der Waals surface area contributed by atoms with E-state index >= 15 is 0 Å². The summed E-state index contributed by atoms with van der Waals surface area (Å²) in [6, 6.07) is 0. The number of hydrogen-bond acceptors (Lipinski definition) is 2. The van der Waals surface area contributed by atoms with Gasteiger partial charge in [-0.15, -0.1) is 0 Å². The fourth-order valence-electron chi connectivity index (χ4n) is 3.33. The lowest BCUT2D eigenvalue weighted by Gasteiger charge is -2.35. The third kappa shape index (κ3) is 5.30. The van der Waals surface area contributed by atoms with Gasteiger partial charge < -0.3 is 4.74 Å². The van der Waals surface area contributed by atoms with E-state index in [9.17, 15) is 4.79 Å². The zero-order valence-electron chi connectivity index (χ0n) is 13.6. The Morgan fingerprint density at radius 3 is 2.40 bits per heavy atom. The van der Waals surface area contributed by atoms with Crippen molar-refractivity contribution in [3.05, 3.63) is 12.2 Å². The Hall–Kier alpha value is -0.790. The predicted octanol–water partition coefficient (Wildman–Crippen LogP) is 5.27. The Kier molecular flexibility index (Phi) is 7.94. The molecule has 2 nitrogen and oxygen atoms in total. The molecule has 0 saturated heterocycles. The van der Waals surface area contributed by atoms with Gasteiger partial charge in [-0.2, -0.15) is 0 Å². The first-order valence-corrected chi connectivity index (χ1v) is 8.46. The van der Waals surface area contributed by atoms with Crippen molar-refractivity contribution in [2.45, 2.75) is 84.7 Å². The van der Waals surface area contributed by atoms with Crippen molar-refractivity contribution >= 4 is 5.97 Å². The highest BCUT2D eigenvalue weighted by atomic mass is 16.5. The molecule has 1 aliphatic rings. The van der Waals surface area contributed by atoms with Crippen molar-refractivity contribution in [1.82, 2.24) is 0 Å². The fraction of sp³-hybridized carbons (Fsp3) is 0.833. The lowest BCUT2D eigenvalue weighted by molar-refractivity contribution is -0.151. The van der Waals surface area contributed by atoms with Crippen LogP contribution in [0.2, 0.25) is 0 Å². The molecule has 116 valence electrons. The second kappa shape index (κ2) is 9.20. The monoisotopic (exact) mass is 280 g/mol. The number of ether oxygens (including phenoxy) is 1. The Bertz CT molecular complexity index is 303. The summed E-state index contributed by atoms with van der Waals surface area (Å²) in [6.45, 7) is 9.92. The van der Waals surface area contributed by atoms with Crippen LogP contribution in [0.5, 0.6) is 0 Å². The van der Waals surface area contributed by atoms with Gasteiger partial charge in [0.15, 0.2) is 0 Å². The van der Waals surface area contributed by atoms with Crippen LogP contribution in [-0.2, 0) is 9.53 Å². The van der Waals surface area contributed by atoms with Gasteiger partial charge in [-0.05, 0) is 44.4 Å². The van der Waals surface area contributed by atoms with Gasteiger partial charge in [-0.3, -0.25) is 0 Å². The molecule has 0 aromatic rings. The number of rotatable bonds is 8. The molecule has 0 aliphatic heterocycles. The van der Waals surface area contributed by atoms with E-state index < -0.39 is 0 Å². The summed E-state index contributed by atoms with van der Waals surface area (Å²) in [4.78, 5) is 12.0. The smallest absolute Gasteiger partial charge is 0.333 e. The minimum atomic E-state index is -0.199. The maximum Gasteiger partial charge on any atom is 0.333 e. The third-order valence-electron chi connectivity index (χ3n) is 4.62. The lowest BCUT2D eigenvalue weighted by atomic mass is 9.78. The van der Waals surface area contributed by atoms with Crippen molar-refractivity contribution in [3.8, 4) is 0 Å². The highest BCUT2D eigenvalue weighted by Gasteiger charge is 2.32. The Morgan fingerprint density at radius 2 is 1.90 bits per heavy atom. The molecule has 0 aromatic carbocycles. The first-order chi connectivity index (χ1) is 9.60. The first-order valence-electron chi connectivity index (χ1n) is 8.46. The second-order valence-electron chi connectivity index (χ2n) is 6.36. The summed E-state index contributed by atoms with van der Waals surface area (Å²) in [6.07, 6.45) is 11.2. The quantitative estimate of drug-likeness (QED) is 0.447. The number of hydrogen-bond donors (Lipinski definition) is 0. The summed E-state index contributed by atoms with van der Waals surface area (Å²) in [5.74, 6) is 0.880. The van der Waals surface area contributed by atoms with Crippen LogP contribution in [-0.4, -0.2) is 12.1 Å². The van der Waals surface area contributed by atoms with E-state index in [1.54, 1.807) is 6.92 Å². The van der Waals surface area contributed by atoms with Crippen LogP contribution < -0.4 is 0 Å². The van der Waals surface area contributed by atoms with Gasteiger partial charge in [0.1, 0.15) is 6.10 Å². The van der Waals surface area contributed by atoms with Gasteiger partial charge in [-0.25, -0.2) is 4.79 Å². The van der Waals surface area contributed by atoms with E-state index in [2.05, 4.69) is 20.4 Å². The molecule has 20 heavy (non-hydrogen) atoms. The molecule has 1 aliphatic carbocycles. The van der Waals surface area contributed by atoms with Gasteiger partial charge >= 0.3 is 5.97 Å². The first kappa shape index (κ1) is 17.3. The van der Waals surface area contributed by atoms with Crippen LogP contribution in [0.1, 0.15) is 78.6 Å². The van der Waals surface area contributed by atoms with Gasteiger partial charge in [0, 0.05) is 5.57 Å². The number of esters is 1. The fourth-order valence-corrected chi connectivity index (χ4v) is 3.33. The summed E-state index contributed by atoms with van der Waals surface area (Å²) in [5, 5.41) is 0. The van der Waals surface area contributed by atoms with E-state index in [1.807, 2.05) is 0 Å². The highest BCUT2D eigenvalue weighted by molar-refractivity contribution is 5.87. The Labute approximate surface area is 125 Å². The highest BCUT2D eigenvalue weighted by Crippen LogP contribution is 2.34. The number of carbonyl (C=O) groups is 1. The van der Waals surface area contributed by atoms with Crippen molar-refractivity contribution in [1.29, 1.82) is 0 Å². The molecule has 0 heterocycles. The molecular weight excluding hydrogens is 248 g/mol. The van der Waals surface area contributed by atoms with Gasteiger partial charge in [-0.1, -0.05) is 52.5 Å². The molecule has 2 heteroatoms. The van der Waals surface area contributed by atoms with Crippen LogP contribution >= 0.6 is 0 Å². The normalized spacial score (nSPS) is 19.4. The molecule has 2 unspecified atom stereocenters. The van der Waals surface area contributed by atoms with Crippen molar-refractivity contribution in [2.75, 3.05) is 0 Å². The lowest BCUT2D eigenvalue weighted by Crippen LogP contribution is -2.35. The second-order valence-corrected chi connectivity index (χ2v) is 6.36. The molecule has 1 fully saturated rings. The number of unbranched alkanes of at least 4 members (excludes halogenated alkanes) is 1. The van der Waals surface area contributed by atoms with Crippen LogP contribution in [0, 0.1) is 11.8 Å². The molecule has 1 rings (SSSR count). The maximum atomic E-state index is 12.0. The Morgan fingerprint density at radius 1 is 1.25 bits per heavy atom. The zero-order chi connectivity index (χ0) is 15.0. The SMILES string of the molecule is C=C(C)C(=O)OC(C(CC)CCCC)C1CCCCC1. The van der Waals surface area contributed by atoms with E-state index in [-0.39, 0.29) is 12.1 Å². The van der Waals surface area contributed by atoms with Gasteiger partial charge in [0.05, 0.1) is 0 Å². The van der Waals surface area contributed by atoms with Crippen molar-refractivity contribution in [2.24, 2.45) is 11.8 Å². The minimum absolute atomic E-state index is 0.107. The summed E-state index contributed by atoms with van der Waals surface area (Å²) >= 11 is 0. The van der Waals surface area contributed by atoms with E-state index in [0.717, 1.165) is 6.42 Å². The van der Waals surface area contributed by atoms with Crippen LogP contribution in [0.15, 0.2) is 12.2 Å². The zero-order valence-corrected chi connectivity index (χ0v) is 13.6. The Balaban J connectivity index is 2.74. The summed E-state index contributed by atoms with van der Waals surface area (Å²) in [5.41, 5.74) is 0.524. The minimum Gasteiger partial charge on any atom is -0.458 e. The van der Waals surface area contributed by atoms with Crippen LogP contribution in [0.3, 0.4) is 0 Å². The summed E-state index contributed by atoms with van der Waals surface area (Å²) < 4.78 is 5.86. The predicted molar refractivity (Wildman–Crippen MR) is 84.6 cm³/mol. The van der Waals surface area contributed by atoms with Crippen LogP contribution in [0.25, 0.3) is 0 Å². The largest absolute Gasteiger partial charge is 0.458 e. The number of carbonyl (C=O) groups excluding carboxylic acids is 1. The molecular formula is C18H32O2. The molecule has 0 aromatic heterocycles. The molecule has 0 spiro atoms. The third-order valence-corrected chi connectivity index (χ3v) is 4.62. The molecule has 0 bridgehead atoms. The van der Waals surface area contributed by atoms with Gasteiger partial charge in [0.2, 0.25) is 0 Å². The standard InChI is InChI=1S/C18H32O2/c1-5-7-11-15(6-2)17(20-18(19)14(3)4)16-12-9-8-10-13-16/h15-17H,3,5-13H2,1-2,4H3. The average Bonchev–Trinajstić information content (AvgIpc) is 2.47. The average molecular weight is 280 g/mol. The van der Waals surface area contributed by atoms with E-state index in [0.29, 0.717) is 17.4 Å². The summed E-state index contributed by atoms with van der Waals surface area (Å²) in [7, 11) is 0. The molecule has 0 amide bonds. The van der Waals surface area contributed by atoms with E-state index in [4.69, 9.17) is 4.74 Å². The topological polar surface area (TPSA) is 26.3 Å². The van der Waals surface area contributed by atoms with Crippen molar-refractivity contribution in [3.63, 3.8) is 0 Å². The van der Waals surface area contributed by atoms with Crippen molar-refractivity contribution < 1.29 is 9.53 Å². The van der Waals surface area contributed by atoms with Gasteiger partial charge in [0.25, 0.3) is 0 Å². The molecule has 0 radical (unpaired) electrons. The van der Waals surface area contributed by atoms with Crippen LogP contribution in [0.4, 0.5) is 0 Å². The molecule has 2 atom stereocenters. The van der Waals surface area contributed by atoms with E-state index in [1.165, 1.54) is 51.4 Å². The molecule has 1 saturated carbocycles. The molecule has 0 N–H and O–H groups in total. The maximum absolute atomic E-state index is 12.0.